The summed E-state index contributed by atoms with van der Waals surface area (Å²) in [5.74, 6) is 0.214. The molecule has 3 nitrogen and oxygen atoms in total. The Morgan fingerprint density at radius 1 is 0.952 bits per heavy atom. The maximum Gasteiger partial charge on any atom is 0.160 e. The van der Waals surface area contributed by atoms with Crippen molar-refractivity contribution in [3.8, 4) is 0 Å². The first-order valence-corrected chi connectivity index (χ1v) is 8.24. The average Bonchev–Trinajstić information content (AvgIpc) is 2.35. The van der Waals surface area contributed by atoms with Crippen LogP contribution < -0.4 is 0 Å². The number of hydrogen-bond acceptors (Lipinski definition) is 3. The molecule has 0 aromatic heterocycles. The minimum Gasteiger partial charge on any atom is -0.301 e. The van der Waals surface area contributed by atoms with Crippen LogP contribution in [0.3, 0.4) is 0 Å². The highest BCUT2D eigenvalue weighted by atomic mass is 16.1. The molecule has 0 atom stereocenters. The second kappa shape index (κ2) is 7.55. The van der Waals surface area contributed by atoms with E-state index < -0.39 is 0 Å². The van der Waals surface area contributed by atoms with Gasteiger partial charge in [-0.1, -0.05) is 47.6 Å². The van der Waals surface area contributed by atoms with Gasteiger partial charge < -0.3 is 4.90 Å². The number of rotatable bonds is 5. The topological polar surface area (TPSA) is 23.6 Å². The number of piperazine rings is 1. The van der Waals surface area contributed by atoms with Gasteiger partial charge in [0.1, 0.15) is 0 Å². The van der Waals surface area contributed by atoms with Crippen molar-refractivity contribution in [3.05, 3.63) is 12.2 Å². The Bertz CT molecular complexity index is 352. The molecule has 1 heterocycles. The van der Waals surface area contributed by atoms with Gasteiger partial charge in [0.2, 0.25) is 0 Å². The molecule has 0 saturated carbocycles. The summed E-state index contributed by atoms with van der Waals surface area (Å²) in [7, 11) is 0. The lowest BCUT2D eigenvalue weighted by atomic mass is 9.91. The van der Waals surface area contributed by atoms with Gasteiger partial charge in [0, 0.05) is 38.1 Å². The van der Waals surface area contributed by atoms with Gasteiger partial charge in [0.05, 0.1) is 0 Å². The van der Waals surface area contributed by atoms with Gasteiger partial charge in [-0.25, -0.2) is 0 Å². The second-order valence-electron chi connectivity index (χ2n) is 8.47. The average molecular weight is 294 g/mol. The van der Waals surface area contributed by atoms with Crippen LogP contribution in [-0.4, -0.2) is 54.9 Å². The molecule has 1 aliphatic heterocycles. The highest BCUT2D eigenvalue weighted by Crippen LogP contribution is 2.19. The van der Waals surface area contributed by atoms with E-state index in [1.54, 1.807) is 6.08 Å². The molecule has 3 heteroatoms. The van der Waals surface area contributed by atoms with Crippen LogP contribution in [0.5, 0.6) is 0 Å². The molecule has 0 amide bonds. The van der Waals surface area contributed by atoms with Crippen LogP contribution >= 0.6 is 0 Å². The molecular formula is C18H34N2O. The molecule has 0 spiro atoms. The summed E-state index contributed by atoms with van der Waals surface area (Å²) in [5, 5.41) is 0. The number of nitrogens with zero attached hydrogens (tertiary/aromatic N) is 2. The molecule has 0 N–H and O–H groups in total. The van der Waals surface area contributed by atoms with Crippen molar-refractivity contribution in [2.45, 2.75) is 48.0 Å². The zero-order valence-electron chi connectivity index (χ0n) is 14.9. The highest BCUT2D eigenvalue weighted by molar-refractivity contribution is 5.93. The molecule has 0 aliphatic carbocycles. The molecule has 1 rings (SSSR count). The first kappa shape index (κ1) is 18.4. The van der Waals surface area contributed by atoms with Crippen molar-refractivity contribution < 1.29 is 4.79 Å². The van der Waals surface area contributed by atoms with E-state index in [-0.39, 0.29) is 11.2 Å². The third-order valence-electron chi connectivity index (χ3n) is 4.01. The monoisotopic (exact) mass is 294 g/mol. The predicted octanol–water partition coefficient (Wildman–Crippen LogP) is 3.21. The summed E-state index contributed by atoms with van der Waals surface area (Å²) >= 11 is 0. The SMILES string of the molecule is CC(C)(C)CCN1CCN(C/C=C/C(=O)C(C)(C)C)CC1. The fraction of sp³-hybridized carbons (Fsp3) is 0.833. The molecule has 0 unspecified atom stereocenters. The van der Waals surface area contributed by atoms with Crippen molar-refractivity contribution in [1.82, 2.24) is 9.80 Å². The standard InChI is InChI=1S/C18H34N2O/c1-17(2,3)9-11-20-14-12-19(13-15-20)10-7-8-16(21)18(4,5)6/h7-8H,9-15H2,1-6H3/b8-7+. The molecule has 0 radical (unpaired) electrons. The van der Waals surface area contributed by atoms with E-state index in [2.05, 4.69) is 30.6 Å². The number of ketones is 1. The van der Waals surface area contributed by atoms with Gasteiger partial charge in [0.15, 0.2) is 5.78 Å². The van der Waals surface area contributed by atoms with Crippen LogP contribution in [0.4, 0.5) is 0 Å². The fourth-order valence-electron chi connectivity index (χ4n) is 2.25. The molecule has 122 valence electrons. The zero-order chi connectivity index (χ0) is 16.1. The fourth-order valence-corrected chi connectivity index (χ4v) is 2.25. The minimum atomic E-state index is -0.262. The van der Waals surface area contributed by atoms with Crippen LogP contribution in [0.1, 0.15) is 48.0 Å². The van der Waals surface area contributed by atoms with E-state index in [1.807, 2.05) is 26.8 Å². The summed E-state index contributed by atoms with van der Waals surface area (Å²) in [5.41, 5.74) is 0.162. The van der Waals surface area contributed by atoms with E-state index in [0.29, 0.717) is 5.41 Å². The lowest BCUT2D eigenvalue weighted by molar-refractivity contribution is -0.121. The molecule has 0 aromatic rings. The summed E-state index contributed by atoms with van der Waals surface area (Å²) in [6.45, 7) is 19.4. The lowest BCUT2D eigenvalue weighted by Gasteiger charge is -2.35. The maximum absolute atomic E-state index is 11.8. The number of hydrogen-bond donors (Lipinski definition) is 0. The molecule has 1 saturated heterocycles. The zero-order valence-corrected chi connectivity index (χ0v) is 14.9. The number of carbonyl (C=O) groups excluding carboxylic acids is 1. The van der Waals surface area contributed by atoms with Gasteiger partial charge in [0.25, 0.3) is 0 Å². The Morgan fingerprint density at radius 3 is 1.95 bits per heavy atom. The van der Waals surface area contributed by atoms with Crippen LogP contribution in [-0.2, 0) is 4.79 Å². The Hall–Kier alpha value is -0.670. The summed E-state index contributed by atoms with van der Waals surface area (Å²) in [6, 6.07) is 0. The Labute approximate surface area is 131 Å². The third-order valence-corrected chi connectivity index (χ3v) is 4.01. The first-order chi connectivity index (χ1) is 9.58. The van der Waals surface area contributed by atoms with Crippen molar-refractivity contribution >= 4 is 5.78 Å². The first-order valence-electron chi connectivity index (χ1n) is 8.24. The molecule has 0 bridgehead atoms. The van der Waals surface area contributed by atoms with Crippen LogP contribution in [0, 0.1) is 10.8 Å². The smallest absolute Gasteiger partial charge is 0.160 e. The Morgan fingerprint density at radius 2 is 1.48 bits per heavy atom. The third kappa shape index (κ3) is 7.77. The van der Waals surface area contributed by atoms with Crippen molar-refractivity contribution in [1.29, 1.82) is 0 Å². The molecule has 0 aromatic carbocycles. The summed E-state index contributed by atoms with van der Waals surface area (Å²) in [6.07, 6.45) is 5.04. The van der Waals surface area contributed by atoms with E-state index >= 15 is 0 Å². The molecule has 1 fully saturated rings. The van der Waals surface area contributed by atoms with Gasteiger partial charge in [-0.2, -0.15) is 0 Å². The van der Waals surface area contributed by atoms with Crippen LogP contribution in [0.25, 0.3) is 0 Å². The highest BCUT2D eigenvalue weighted by Gasteiger charge is 2.20. The number of allylic oxidation sites excluding steroid dienone is 1. The Kier molecular flexibility index (Phi) is 6.61. The van der Waals surface area contributed by atoms with Gasteiger partial charge in [-0.15, -0.1) is 0 Å². The predicted molar refractivity (Wildman–Crippen MR) is 90.6 cm³/mol. The minimum absolute atomic E-state index is 0.214. The Balaban J connectivity index is 2.25. The summed E-state index contributed by atoms with van der Waals surface area (Å²) < 4.78 is 0. The second-order valence-corrected chi connectivity index (χ2v) is 8.47. The van der Waals surface area contributed by atoms with E-state index in [4.69, 9.17) is 0 Å². The van der Waals surface area contributed by atoms with E-state index in [9.17, 15) is 4.79 Å². The van der Waals surface area contributed by atoms with Gasteiger partial charge in [-0.3, -0.25) is 9.69 Å². The van der Waals surface area contributed by atoms with Crippen LogP contribution in [0.2, 0.25) is 0 Å². The molecular weight excluding hydrogens is 260 g/mol. The molecule has 1 aliphatic rings. The van der Waals surface area contributed by atoms with Gasteiger partial charge in [-0.05, 0) is 24.5 Å². The summed E-state index contributed by atoms with van der Waals surface area (Å²) in [4.78, 5) is 16.8. The number of carbonyl (C=O) groups is 1. The van der Waals surface area contributed by atoms with Crippen molar-refractivity contribution in [2.75, 3.05) is 39.3 Å². The normalized spacial score (nSPS) is 19.3. The quantitative estimate of drug-likeness (QED) is 0.727. The maximum atomic E-state index is 11.8. The van der Waals surface area contributed by atoms with Crippen molar-refractivity contribution in [2.24, 2.45) is 10.8 Å². The lowest BCUT2D eigenvalue weighted by Crippen LogP contribution is -2.46. The van der Waals surface area contributed by atoms with Gasteiger partial charge >= 0.3 is 0 Å². The molecule has 21 heavy (non-hydrogen) atoms. The van der Waals surface area contributed by atoms with Crippen molar-refractivity contribution in [3.63, 3.8) is 0 Å². The van der Waals surface area contributed by atoms with E-state index in [0.717, 1.165) is 32.7 Å². The largest absolute Gasteiger partial charge is 0.301 e. The van der Waals surface area contributed by atoms with Crippen LogP contribution in [0.15, 0.2) is 12.2 Å². The van der Waals surface area contributed by atoms with E-state index in [1.165, 1.54) is 13.0 Å².